The first-order valence-electron chi connectivity index (χ1n) is 11.8. The zero-order valence-electron chi connectivity index (χ0n) is 20.5. The first-order chi connectivity index (χ1) is 17.7. The average molecular weight is 532 g/mol. The maximum atomic E-state index is 13.8. The zero-order chi connectivity index (χ0) is 26.3. The van der Waals surface area contributed by atoms with Gasteiger partial charge < -0.3 is 14.8 Å². The van der Waals surface area contributed by atoms with Crippen LogP contribution in [0.4, 0.5) is 29.2 Å². The van der Waals surface area contributed by atoms with E-state index in [4.69, 9.17) is 0 Å². The normalized spacial score (nSPS) is 14.8. The second-order valence-corrected chi connectivity index (χ2v) is 10.2. The van der Waals surface area contributed by atoms with Crippen molar-refractivity contribution in [1.82, 2.24) is 24.5 Å². The fraction of sp³-hybridized carbons (Fsp3) is 0.360. The van der Waals surface area contributed by atoms with E-state index in [0.717, 1.165) is 71.0 Å². The molecule has 0 amide bonds. The SMILES string of the molecule is CNc1ncnc(N2CCC(c3nc(-c4ccc(F)c(C(F)(F)F)c4)cn3C)CC2)c1-c1cnc(C)s1. The number of halogens is 4. The van der Waals surface area contributed by atoms with Crippen molar-refractivity contribution in [3.63, 3.8) is 0 Å². The van der Waals surface area contributed by atoms with Crippen molar-refractivity contribution in [2.24, 2.45) is 7.05 Å². The number of hydrogen-bond acceptors (Lipinski definition) is 7. The van der Waals surface area contributed by atoms with Crippen molar-refractivity contribution < 1.29 is 17.6 Å². The van der Waals surface area contributed by atoms with Gasteiger partial charge in [-0.25, -0.2) is 24.3 Å². The highest BCUT2D eigenvalue weighted by molar-refractivity contribution is 7.15. The maximum Gasteiger partial charge on any atom is 0.419 e. The lowest BCUT2D eigenvalue weighted by molar-refractivity contribution is -0.139. The van der Waals surface area contributed by atoms with Crippen LogP contribution in [0.25, 0.3) is 21.7 Å². The molecule has 0 unspecified atom stereocenters. The highest BCUT2D eigenvalue weighted by Gasteiger charge is 2.35. The molecule has 7 nitrogen and oxygen atoms in total. The molecule has 1 saturated heterocycles. The van der Waals surface area contributed by atoms with Crippen LogP contribution in [0.3, 0.4) is 0 Å². The molecule has 0 bridgehead atoms. The number of alkyl halides is 3. The second kappa shape index (κ2) is 9.73. The minimum absolute atomic E-state index is 0.122. The predicted molar refractivity (Wildman–Crippen MR) is 135 cm³/mol. The topological polar surface area (TPSA) is 71.8 Å². The number of imidazole rings is 1. The minimum atomic E-state index is -4.77. The third-order valence-electron chi connectivity index (χ3n) is 6.57. The molecule has 1 aliphatic heterocycles. The Kier molecular flexibility index (Phi) is 6.61. The zero-order valence-corrected chi connectivity index (χ0v) is 21.3. The van der Waals surface area contributed by atoms with Crippen molar-refractivity contribution in [2.75, 3.05) is 30.4 Å². The molecule has 37 heavy (non-hydrogen) atoms. The van der Waals surface area contributed by atoms with Gasteiger partial charge in [0.25, 0.3) is 0 Å². The standard InChI is InChI=1S/C25H25F4N7S/c1-14-31-11-20(37-14)21-22(30-2)32-13-33-24(21)36-8-6-15(7-9-36)23-34-19(12-35(23)3)16-4-5-18(26)17(10-16)25(27,28)29/h4-5,10-13,15H,6-9H2,1-3H3,(H,30,32,33). The van der Waals surface area contributed by atoms with Gasteiger partial charge in [0, 0.05) is 51.1 Å². The summed E-state index contributed by atoms with van der Waals surface area (Å²) in [6.07, 6.45) is 1.90. The highest BCUT2D eigenvalue weighted by atomic mass is 32.1. The summed E-state index contributed by atoms with van der Waals surface area (Å²) in [7, 11) is 3.66. The van der Waals surface area contributed by atoms with E-state index in [-0.39, 0.29) is 11.5 Å². The summed E-state index contributed by atoms with van der Waals surface area (Å²) in [4.78, 5) is 21.3. The van der Waals surface area contributed by atoms with Gasteiger partial charge in [-0.1, -0.05) is 0 Å². The van der Waals surface area contributed by atoms with E-state index in [1.54, 1.807) is 23.9 Å². The summed E-state index contributed by atoms with van der Waals surface area (Å²) in [5.74, 6) is 1.20. The Bertz CT molecular complexity index is 1420. The van der Waals surface area contributed by atoms with Crippen molar-refractivity contribution >= 4 is 23.0 Å². The van der Waals surface area contributed by atoms with Gasteiger partial charge in [0.15, 0.2) is 0 Å². The van der Waals surface area contributed by atoms with Gasteiger partial charge in [0.2, 0.25) is 0 Å². The predicted octanol–water partition coefficient (Wildman–Crippen LogP) is 5.89. The average Bonchev–Trinajstić information content (AvgIpc) is 3.48. The van der Waals surface area contributed by atoms with Gasteiger partial charge in [-0.15, -0.1) is 11.3 Å². The highest BCUT2D eigenvalue weighted by Crippen LogP contribution is 2.40. The number of thiazole rings is 1. The van der Waals surface area contributed by atoms with Gasteiger partial charge in [0.05, 0.1) is 26.7 Å². The van der Waals surface area contributed by atoms with E-state index in [9.17, 15) is 17.6 Å². The fourth-order valence-corrected chi connectivity index (χ4v) is 5.58. The molecule has 5 rings (SSSR count). The van der Waals surface area contributed by atoms with Crippen molar-refractivity contribution in [1.29, 1.82) is 0 Å². The number of aromatic nitrogens is 5. The molecule has 1 aromatic carbocycles. The van der Waals surface area contributed by atoms with Crippen molar-refractivity contribution in [3.8, 4) is 21.7 Å². The molecule has 0 spiro atoms. The molecule has 0 saturated carbocycles. The quantitative estimate of drug-likeness (QED) is 0.324. The van der Waals surface area contributed by atoms with Crippen LogP contribution in [-0.2, 0) is 13.2 Å². The maximum absolute atomic E-state index is 13.8. The van der Waals surface area contributed by atoms with Crippen LogP contribution in [0.5, 0.6) is 0 Å². The first-order valence-corrected chi connectivity index (χ1v) is 12.6. The van der Waals surface area contributed by atoms with E-state index < -0.39 is 17.6 Å². The number of piperidine rings is 1. The Hall–Kier alpha value is -3.54. The number of nitrogens with one attached hydrogen (secondary N) is 1. The summed E-state index contributed by atoms with van der Waals surface area (Å²) >= 11 is 1.59. The molecule has 1 fully saturated rings. The van der Waals surface area contributed by atoms with E-state index >= 15 is 0 Å². The number of benzene rings is 1. The number of nitrogens with zero attached hydrogens (tertiary/aromatic N) is 6. The molecule has 12 heteroatoms. The Labute approximate surface area is 215 Å². The molecule has 0 atom stereocenters. The molecular weight excluding hydrogens is 506 g/mol. The monoisotopic (exact) mass is 531 g/mol. The van der Waals surface area contributed by atoms with Gasteiger partial charge in [-0.05, 0) is 38.0 Å². The van der Waals surface area contributed by atoms with Crippen LogP contribution in [0.15, 0.2) is 36.9 Å². The lowest BCUT2D eigenvalue weighted by Gasteiger charge is -2.33. The lowest BCUT2D eigenvalue weighted by Crippen LogP contribution is -2.34. The van der Waals surface area contributed by atoms with E-state index in [1.165, 1.54) is 6.07 Å². The van der Waals surface area contributed by atoms with E-state index in [2.05, 4.69) is 30.2 Å². The van der Waals surface area contributed by atoms with Crippen LogP contribution in [-0.4, -0.2) is 44.6 Å². The Morgan fingerprint density at radius 1 is 1.11 bits per heavy atom. The minimum Gasteiger partial charge on any atom is -0.372 e. The van der Waals surface area contributed by atoms with Gasteiger partial charge in [-0.2, -0.15) is 13.2 Å². The van der Waals surface area contributed by atoms with Crippen molar-refractivity contribution in [2.45, 2.75) is 31.9 Å². The summed E-state index contributed by atoms with van der Waals surface area (Å²) in [6.45, 7) is 3.42. The molecule has 4 aromatic rings. The molecular formula is C25H25F4N7S. The molecule has 1 N–H and O–H groups in total. The van der Waals surface area contributed by atoms with Crippen LogP contribution in [0.2, 0.25) is 0 Å². The Balaban J connectivity index is 1.37. The molecule has 3 aromatic heterocycles. The summed E-state index contributed by atoms with van der Waals surface area (Å²) < 4.78 is 55.2. The number of hydrogen-bond donors (Lipinski definition) is 1. The largest absolute Gasteiger partial charge is 0.419 e. The fourth-order valence-electron chi connectivity index (χ4n) is 4.76. The number of anilines is 2. The van der Waals surface area contributed by atoms with E-state index in [0.29, 0.717) is 5.69 Å². The molecule has 0 radical (unpaired) electrons. The molecule has 0 aliphatic carbocycles. The third kappa shape index (κ3) is 4.89. The van der Waals surface area contributed by atoms with Gasteiger partial charge in [-0.3, -0.25) is 0 Å². The lowest BCUT2D eigenvalue weighted by atomic mass is 9.95. The number of rotatable bonds is 5. The van der Waals surface area contributed by atoms with Crippen molar-refractivity contribution in [3.05, 3.63) is 59.1 Å². The summed E-state index contributed by atoms with van der Waals surface area (Å²) in [6, 6.07) is 2.99. The van der Waals surface area contributed by atoms with Crippen LogP contribution >= 0.6 is 11.3 Å². The van der Waals surface area contributed by atoms with Crippen LogP contribution < -0.4 is 10.2 Å². The van der Waals surface area contributed by atoms with E-state index in [1.807, 2.05) is 31.8 Å². The van der Waals surface area contributed by atoms with Gasteiger partial charge >= 0.3 is 6.18 Å². The van der Waals surface area contributed by atoms with Crippen LogP contribution in [0.1, 0.15) is 35.2 Å². The molecule has 194 valence electrons. The Morgan fingerprint density at radius 2 is 1.86 bits per heavy atom. The smallest absolute Gasteiger partial charge is 0.372 e. The summed E-state index contributed by atoms with van der Waals surface area (Å²) in [5.41, 5.74) is 0.258. The number of aryl methyl sites for hydroxylation is 2. The second-order valence-electron chi connectivity index (χ2n) is 8.96. The van der Waals surface area contributed by atoms with Crippen LogP contribution in [0, 0.1) is 12.7 Å². The molecule has 1 aliphatic rings. The first kappa shape index (κ1) is 25.1. The van der Waals surface area contributed by atoms with Gasteiger partial charge in [0.1, 0.15) is 29.6 Å². The molecule has 4 heterocycles. The Morgan fingerprint density at radius 3 is 2.51 bits per heavy atom. The third-order valence-corrected chi connectivity index (χ3v) is 7.50. The summed E-state index contributed by atoms with van der Waals surface area (Å²) in [5, 5.41) is 4.11.